The number of para-hydroxylation sites is 1. The summed E-state index contributed by atoms with van der Waals surface area (Å²) in [6.45, 7) is 0.496. The van der Waals surface area contributed by atoms with Gasteiger partial charge >= 0.3 is 0 Å². The second-order valence-corrected chi connectivity index (χ2v) is 7.99. The third-order valence-electron chi connectivity index (χ3n) is 5.43. The monoisotopic (exact) mass is 443 g/mol. The van der Waals surface area contributed by atoms with Crippen molar-refractivity contribution in [1.29, 1.82) is 0 Å². The molecule has 0 aliphatic heterocycles. The number of nitrogens with one attached hydrogen (secondary N) is 1. The summed E-state index contributed by atoms with van der Waals surface area (Å²) in [5, 5.41) is 25.4. The van der Waals surface area contributed by atoms with Crippen LogP contribution in [0.25, 0.3) is 10.8 Å². The summed E-state index contributed by atoms with van der Waals surface area (Å²) >= 11 is 0. The fourth-order valence-corrected chi connectivity index (χ4v) is 3.66. The summed E-state index contributed by atoms with van der Waals surface area (Å²) in [5.74, 6) is 2.31. The molecule has 0 aliphatic rings. The Hall–Kier alpha value is -3.38. The van der Waals surface area contributed by atoms with E-state index in [1.165, 1.54) is 0 Å². The first-order valence-corrected chi connectivity index (χ1v) is 11.2. The highest BCUT2D eigenvalue weighted by molar-refractivity contribution is 5.88. The van der Waals surface area contributed by atoms with E-state index >= 15 is 0 Å². The van der Waals surface area contributed by atoms with Crippen LogP contribution in [-0.4, -0.2) is 42.1 Å². The lowest BCUT2D eigenvalue weighted by Crippen LogP contribution is -2.41. The molecule has 0 fully saturated rings. The van der Waals surface area contributed by atoms with Crippen LogP contribution in [0, 0.1) is 0 Å². The molecule has 0 aromatic heterocycles. The second kappa shape index (κ2) is 11.5. The number of fused-ring (bicyclic) bond motifs is 1. The Morgan fingerprint density at radius 1 is 0.758 bits per heavy atom. The summed E-state index contributed by atoms with van der Waals surface area (Å²) < 4.78 is 11.7. The van der Waals surface area contributed by atoms with Gasteiger partial charge < -0.3 is 25.0 Å². The summed E-state index contributed by atoms with van der Waals surface area (Å²) in [6.07, 6.45) is -0.0344. The van der Waals surface area contributed by atoms with Crippen molar-refractivity contribution in [2.24, 2.45) is 0 Å². The van der Waals surface area contributed by atoms with Crippen molar-refractivity contribution in [3.05, 3.63) is 103 Å². The Bertz CT molecular complexity index is 1130. The molecule has 1 unspecified atom stereocenters. The van der Waals surface area contributed by atoms with Gasteiger partial charge in [0.1, 0.15) is 30.0 Å². The first-order chi connectivity index (χ1) is 16.2. The Labute approximate surface area is 194 Å². The second-order valence-electron chi connectivity index (χ2n) is 7.99. The highest BCUT2D eigenvalue weighted by Crippen LogP contribution is 2.29. The quantitative estimate of drug-likeness (QED) is 0.317. The molecule has 0 spiro atoms. The Kier molecular flexibility index (Phi) is 7.93. The average Bonchev–Trinajstić information content (AvgIpc) is 2.87. The standard InChI is InChI=1S/C28H29NO4/c30-19-23(29-18-24(31)20-32-25-9-2-1-3-10-25)17-21-13-15-26(16-14-21)33-28-12-6-8-22-7-4-5-11-27(22)28/h1-16,23-24,29-31H,17-20H2/t23-,24?/m0/s1. The number of hydrogen-bond acceptors (Lipinski definition) is 5. The van der Waals surface area contributed by atoms with Gasteiger partial charge in [-0.25, -0.2) is 0 Å². The molecule has 0 saturated carbocycles. The zero-order valence-electron chi connectivity index (χ0n) is 18.4. The van der Waals surface area contributed by atoms with Crippen molar-refractivity contribution in [3.63, 3.8) is 0 Å². The summed E-state index contributed by atoms with van der Waals surface area (Å²) in [7, 11) is 0. The molecule has 0 radical (unpaired) electrons. The molecule has 0 aliphatic carbocycles. The molecule has 170 valence electrons. The Morgan fingerprint density at radius 2 is 1.48 bits per heavy atom. The fraction of sp³-hybridized carbons (Fsp3) is 0.214. The van der Waals surface area contributed by atoms with Crippen LogP contribution >= 0.6 is 0 Å². The molecule has 4 aromatic carbocycles. The smallest absolute Gasteiger partial charge is 0.135 e. The average molecular weight is 444 g/mol. The minimum atomic E-state index is -0.671. The number of aliphatic hydroxyl groups is 2. The summed E-state index contributed by atoms with van der Waals surface area (Å²) in [4.78, 5) is 0. The van der Waals surface area contributed by atoms with Crippen LogP contribution in [0.5, 0.6) is 17.2 Å². The van der Waals surface area contributed by atoms with E-state index < -0.39 is 6.10 Å². The molecule has 3 N–H and O–H groups in total. The van der Waals surface area contributed by atoms with Gasteiger partial charge in [0.25, 0.3) is 0 Å². The van der Waals surface area contributed by atoms with Gasteiger partial charge in [-0.1, -0.05) is 66.7 Å². The van der Waals surface area contributed by atoms with Crippen molar-refractivity contribution in [2.75, 3.05) is 19.8 Å². The Balaban J connectivity index is 1.28. The van der Waals surface area contributed by atoms with Gasteiger partial charge in [-0.2, -0.15) is 0 Å². The first kappa shape index (κ1) is 22.8. The van der Waals surface area contributed by atoms with E-state index in [0.717, 1.165) is 33.6 Å². The van der Waals surface area contributed by atoms with Crippen LogP contribution in [0.2, 0.25) is 0 Å². The maximum absolute atomic E-state index is 10.2. The molecule has 4 aromatic rings. The predicted molar refractivity (Wildman–Crippen MR) is 131 cm³/mol. The fourth-order valence-electron chi connectivity index (χ4n) is 3.66. The van der Waals surface area contributed by atoms with Gasteiger partial charge in [-0.05, 0) is 47.7 Å². The molecule has 0 saturated heterocycles. The van der Waals surface area contributed by atoms with Gasteiger partial charge in [0, 0.05) is 18.0 Å². The molecular formula is C28H29NO4. The van der Waals surface area contributed by atoms with Crippen LogP contribution in [-0.2, 0) is 6.42 Å². The van der Waals surface area contributed by atoms with E-state index in [4.69, 9.17) is 9.47 Å². The normalized spacial score (nSPS) is 12.9. The lowest BCUT2D eigenvalue weighted by molar-refractivity contribution is 0.0997. The van der Waals surface area contributed by atoms with Crippen LogP contribution < -0.4 is 14.8 Å². The van der Waals surface area contributed by atoms with E-state index in [-0.39, 0.29) is 19.3 Å². The van der Waals surface area contributed by atoms with E-state index in [1.54, 1.807) is 0 Å². The minimum Gasteiger partial charge on any atom is -0.491 e. The van der Waals surface area contributed by atoms with Crippen molar-refractivity contribution in [2.45, 2.75) is 18.6 Å². The largest absolute Gasteiger partial charge is 0.491 e. The molecular weight excluding hydrogens is 414 g/mol. The lowest BCUT2D eigenvalue weighted by Gasteiger charge is -2.19. The molecule has 0 amide bonds. The maximum atomic E-state index is 10.2. The summed E-state index contributed by atoms with van der Waals surface area (Å²) in [5.41, 5.74) is 1.07. The molecule has 0 bridgehead atoms. The number of rotatable bonds is 11. The topological polar surface area (TPSA) is 71.0 Å². The summed E-state index contributed by atoms with van der Waals surface area (Å²) in [6, 6.07) is 31.3. The molecule has 2 atom stereocenters. The third kappa shape index (κ3) is 6.56. The third-order valence-corrected chi connectivity index (χ3v) is 5.43. The maximum Gasteiger partial charge on any atom is 0.135 e. The van der Waals surface area contributed by atoms with Gasteiger partial charge in [0.15, 0.2) is 0 Å². The van der Waals surface area contributed by atoms with Gasteiger partial charge in [-0.15, -0.1) is 0 Å². The molecule has 5 nitrogen and oxygen atoms in total. The number of hydrogen-bond donors (Lipinski definition) is 3. The Morgan fingerprint density at radius 3 is 2.27 bits per heavy atom. The molecule has 33 heavy (non-hydrogen) atoms. The minimum absolute atomic E-state index is 0.0273. The molecule has 4 rings (SSSR count). The van der Waals surface area contributed by atoms with Gasteiger partial charge in [0.2, 0.25) is 0 Å². The van der Waals surface area contributed by atoms with E-state index in [2.05, 4.69) is 23.5 Å². The van der Waals surface area contributed by atoms with Crippen LogP contribution in [0.15, 0.2) is 97.1 Å². The first-order valence-electron chi connectivity index (χ1n) is 11.2. The highest BCUT2D eigenvalue weighted by Gasteiger charge is 2.12. The molecule has 5 heteroatoms. The number of ether oxygens (including phenoxy) is 2. The zero-order chi connectivity index (χ0) is 22.9. The number of aliphatic hydroxyl groups excluding tert-OH is 2. The van der Waals surface area contributed by atoms with E-state index in [1.807, 2.05) is 78.9 Å². The highest BCUT2D eigenvalue weighted by atomic mass is 16.5. The van der Waals surface area contributed by atoms with Crippen LogP contribution in [0.3, 0.4) is 0 Å². The predicted octanol–water partition coefficient (Wildman–Crippen LogP) is 4.57. The van der Waals surface area contributed by atoms with Crippen molar-refractivity contribution >= 4 is 10.8 Å². The van der Waals surface area contributed by atoms with Crippen LogP contribution in [0.1, 0.15) is 5.56 Å². The zero-order valence-corrected chi connectivity index (χ0v) is 18.4. The van der Waals surface area contributed by atoms with E-state index in [0.29, 0.717) is 13.0 Å². The SMILES string of the molecule is OC[C@H](Cc1ccc(Oc2cccc3ccccc23)cc1)NCC(O)COc1ccccc1. The van der Waals surface area contributed by atoms with Crippen molar-refractivity contribution in [3.8, 4) is 17.2 Å². The van der Waals surface area contributed by atoms with Gasteiger partial charge in [-0.3, -0.25) is 0 Å². The van der Waals surface area contributed by atoms with Crippen molar-refractivity contribution < 1.29 is 19.7 Å². The number of benzene rings is 4. The van der Waals surface area contributed by atoms with Gasteiger partial charge in [0.05, 0.1) is 6.61 Å². The lowest BCUT2D eigenvalue weighted by atomic mass is 10.1. The van der Waals surface area contributed by atoms with Crippen LogP contribution in [0.4, 0.5) is 0 Å². The van der Waals surface area contributed by atoms with E-state index in [9.17, 15) is 10.2 Å². The van der Waals surface area contributed by atoms with Crippen molar-refractivity contribution in [1.82, 2.24) is 5.32 Å². The molecule has 0 heterocycles.